The van der Waals surface area contributed by atoms with E-state index < -0.39 is 0 Å². The molecule has 4 rings (SSSR count). The Kier molecular flexibility index (Phi) is 4.71. The summed E-state index contributed by atoms with van der Waals surface area (Å²) in [7, 11) is 0. The van der Waals surface area contributed by atoms with Crippen LogP contribution in [-0.2, 0) is 16.1 Å². The summed E-state index contributed by atoms with van der Waals surface area (Å²) in [6.07, 6.45) is 3.54. The molecule has 0 radical (unpaired) electrons. The van der Waals surface area contributed by atoms with Gasteiger partial charge in [-0.2, -0.15) is 5.10 Å². The standard InChI is InChI=1S/C19H23N5O2/c25-17(21-16-6-2-1-3-7-16)14-22-10-4-5-15(13-22)19(26)23-11-12-24-18(23)8-9-20-24/h1-3,6-9,15H,4-5,10-14H2,(H,21,25). The van der Waals surface area contributed by atoms with E-state index in [2.05, 4.69) is 15.3 Å². The molecule has 0 bridgehead atoms. The first-order chi connectivity index (χ1) is 12.7. The van der Waals surface area contributed by atoms with E-state index >= 15 is 0 Å². The van der Waals surface area contributed by atoms with Crippen LogP contribution >= 0.6 is 0 Å². The van der Waals surface area contributed by atoms with Gasteiger partial charge in [-0.05, 0) is 31.5 Å². The van der Waals surface area contributed by atoms with Crippen molar-refractivity contribution in [1.82, 2.24) is 14.7 Å². The van der Waals surface area contributed by atoms with Gasteiger partial charge in [0.2, 0.25) is 11.8 Å². The average molecular weight is 353 g/mol. The third-order valence-electron chi connectivity index (χ3n) is 5.05. The molecule has 1 unspecified atom stereocenters. The highest BCUT2D eigenvalue weighted by Gasteiger charge is 2.33. The highest BCUT2D eigenvalue weighted by molar-refractivity contribution is 5.95. The third-order valence-corrected chi connectivity index (χ3v) is 5.05. The summed E-state index contributed by atoms with van der Waals surface area (Å²) in [5.41, 5.74) is 0.799. The van der Waals surface area contributed by atoms with Gasteiger partial charge in [0.1, 0.15) is 5.82 Å². The predicted molar refractivity (Wildman–Crippen MR) is 98.8 cm³/mol. The quantitative estimate of drug-likeness (QED) is 0.906. The van der Waals surface area contributed by atoms with Crippen molar-refractivity contribution in [2.24, 2.45) is 5.92 Å². The number of para-hydroxylation sites is 1. The molecule has 2 amide bonds. The molecule has 0 spiro atoms. The minimum atomic E-state index is -0.0604. The number of carbonyl (C=O) groups is 2. The second-order valence-electron chi connectivity index (χ2n) is 6.89. The van der Waals surface area contributed by atoms with Crippen LogP contribution in [0.15, 0.2) is 42.6 Å². The Hall–Kier alpha value is -2.67. The van der Waals surface area contributed by atoms with Crippen molar-refractivity contribution in [3.63, 3.8) is 0 Å². The fourth-order valence-electron chi connectivity index (χ4n) is 3.81. The molecule has 7 heteroatoms. The van der Waals surface area contributed by atoms with Crippen molar-refractivity contribution in [3.05, 3.63) is 42.6 Å². The first kappa shape index (κ1) is 16.8. The van der Waals surface area contributed by atoms with Gasteiger partial charge in [-0.3, -0.25) is 19.4 Å². The molecule has 136 valence electrons. The van der Waals surface area contributed by atoms with Gasteiger partial charge in [-0.15, -0.1) is 0 Å². The van der Waals surface area contributed by atoms with Crippen LogP contribution in [0.3, 0.4) is 0 Å². The molecule has 1 atom stereocenters. The second kappa shape index (κ2) is 7.29. The van der Waals surface area contributed by atoms with E-state index in [1.54, 1.807) is 6.20 Å². The van der Waals surface area contributed by atoms with Gasteiger partial charge >= 0.3 is 0 Å². The molecule has 0 aliphatic carbocycles. The van der Waals surface area contributed by atoms with Crippen molar-refractivity contribution in [1.29, 1.82) is 0 Å². The number of benzene rings is 1. The van der Waals surface area contributed by atoms with E-state index in [-0.39, 0.29) is 17.7 Å². The lowest BCUT2D eigenvalue weighted by Gasteiger charge is -2.33. The zero-order chi connectivity index (χ0) is 17.9. The Morgan fingerprint density at radius 3 is 2.81 bits per heavy atom. The Morgan fingerprint density at radius 1 is 1.12 bits per heavy atom. The number of anilines is 2. The van der Waals surface area contributed by atoms with E-state index in [1.165, 1.54) is 0 Å². The molecule has 0 saturated carbocycles. The number of nitrogens with zero attached hydrogens (tertiary/aromatic N) is 4. The monoisotopic (exact) mass is 353 g/mol. The Morgan fingerprint density at radius 2 is 1.96 bits per heavy atom. The van der Waals surface area contributed by atoms with Gasteiger partial charge in [-0.1, -0.05) is 18.2 Å². The first-order valence-corrected chi connectivity index (χ1v) is 9.11. The fraction of sp³-hybridized carbons (Fsp3) is 0.421. The Labute approximate surface area is 152 Å². The summed E-state index contributed by atoms with van der Waals surface area (Å²) in [6, 6.07) is 11.3. The number of hydrogen-bond donors (Lipinski definition) is 1. The number of nitrogens with one attached hydrogen (secondary N) is 1. The van der Waals surface area contributed by atoms with Crippen LogP contribution in [0.25, 0.3) is 0 Å². The molecule has 1 saturated heterocycles. The molecule has 7 nitrogen and oxygen atoms in total. The first-order valence-electron chi connectivity index (χ1n) is 9.11. The second-order valence-corrected chi connectivity index (χ2v) is 6.89. The molecular weight excluding hydrogens is 330 g/mol. The molecule has 1 aromatic carbocycles. The summed E-state index contributed by atoms with van der Waals surface area (Å²) >= 11 is 0. The van der Waals surface area contributed by atoms with E-state index in [9.17, 15) is 9.59 Å². The number of fused-ring (bicyclic) bond motifs is 1. The molecular formula is C19H23N5O2. The lowest BCUT2D eigenvalue weighted by atomic mass is 9.96. The van der Waals surface area contributed by atoms with Gasteiger partial charge < -0.3 is 5.32 Å². The summed E-state index contributed by atoms with van der Waals surface area (Å²) in [5.74, 6) is 0.935. The summed E-state index contributed by atoms with van der Waals surface area (Å²) in [4.78, 5) is 29.1. The van der Waals surface area contributed by atoms with Crippen LogP contribution < -0.4 is 10.2 Å². The number of rotatable bonds is 4. The largest absolute Gasteiger partial charge is 0.325 e. The number of carbonyl (C=O) groups excluding carboxylic acids is 2. The highest BCUT2D eigenvalue weighted by atomic mass is 16.2. The van der Waals surface area contributed by atoms with E-state index in [0.29, 0.717) is 19.6 Å². The van der Waals surface area contributed by atoms with E-state index in [1.807, 2.05) is 46.0 Å². The number of aromatic nitrogens is 2. The van der Waals surface area contributed by atoms with Crippen LogP contribution in [0.1, 0.15) is 12.8 Å². The van der Waals surface area contributed by atoms with E-state index in [4.69, 9.17) is 0 Å². The number of hydrogen-bond acceptors (Lipinski definition) is 4. The molecule has 1 N–H and O–H groups in total. The van der Waals surface area contributed by atoms with Crippen molar-refractivity contribution in [3.8, 4) is 0 Å². The normalized spacial score (nSPS) is 20.0. The minimum Gasteiger partial charge on any atom is -0.325 e. The van der Waals surface area contributed by atoms with Gasteiger partial charge in [0.15, 0.2) is 0 Å². The lowest BCUT2D eigenvalue weighted by molar-refractivity contribution is -0.125. The molecule has 3 heterocycles. The average Bonchev–Trinajstić information content (AvgIpc) is 3.25. The zero-order valence-electron chi connectivity index (χ0n) is 14.7. The summed E-state index contributed by atoms with van der Waals surface area (Å²) < 4.78 is 1.87. The summed E-state index contributed by atoms with van der Waals surface area (Å²) in [5, 5.41) is 7.14. The smallest absolute Gasteiger partial charge is 0.238 e. The van der Waals surface area contributed by atoms with Gasteiger partial charge in [0, 0.05) is 24.8 Å². The Bertz CT molecular complexity index is 788. The molecule has 2 aliphatic rings. The van der Waals surface area contributed by atoms with Crippen LogP contribution in [0.2, 0.25) is 0 Å². The molecule has 26 heavy (non-hydrogen) atoms. The maximum atomic E-state index is 12.9. The number of amides is 2. The molecule has 2 aromatic rings. The van der Waals surface area contributed by atoms with Crippen LogP contribution in [-0.4, -0.2) is 52.7 Å². The summed E-state index contributed by atoms with van der Waals surface area (Å²) in [6.45, 7) is 3.24. The number of likely N-dealkylation sites (tertiary alicyclic amines) is 1. The van der Waals surface area contributed by atoms with Crippen molar-refractivity contribution in [2.45, 2.75) is 19.4 Å². The van der Waals surface area contributed by atoms with Crippen LogP contribution in [0.4, 0.5) is 11.5 Å². The predicted octanol–water partition coefficient (Wildman–Crippen LogP) is 1.58. The van der Waals surface area contributed by atoms with Crippen molar-refractivity contribution in [2.75, 3.05) is 36.4 Å². The minimum absolute atomic E-state index is 0.0384. The van der Waals surface area contributed by atoms with Crippen LogP contribution in [0.5, 0.6) is 0 Å². The highest BCUT2D eigenvalue weighted by Crippen LogP contribution is 2.25. The number of piperidine rings is 1. The van der Waals surface area contributed by atoms with E-state index in [0.717, 1.165) is 37.4 Å². The van der Waals surface area contributed by atoms with Gasteiger partial charge in [0.05, 0.1) is 25.2 Å². The SMILES string of the molecule is O=C(CN1CCCC(C(=O)N2CCn3nccc32)C1)Nc1ccccc1. The van der Waals surface area contributed by atoms with Gasteiger partial charge in [-0.25, -0.2) is 4.68 Å². The topological polar surface area (TPSA) is 70.5 Å². The molecule has 1 aromatic heterocycles. The molecule has 2 aliphatic heterocycles. The van der Waals surface area contributed by atoms with Crippen molar-refractivity contribution >= 4 is 23.3 Å². The molecule has 1 fully saturated rings. The third kappa shape index (κ3) is 3.48. The Balaban J connectivity index is 1.34. The maximum absolute atomic E-state index is 12.9. The maximum Gasteiger partial charge on any atom is 0.238 e. The zero-order valence-corrected chi connectivity index (χ0v) is 14.7. The van der Waals surface area contributed by atoms with Crippen molar-refractivity contribution < 1.29 is 9.59 Å². The van der Waals surface area contributed by atoms with Crippen LogP contribution in [0, 0.1) is 5.92 Å². The fourth-order valence-corrected chi connectivity index (χ4v) is 3.81. The lowest BCUT2D eigenvalue weighted by Crippen LogP contribution is -2.46. The van der Waals surface area contributed by atoms with Gasteiger partial charge in [0.25, 0.3) is 0 Å².